The van der Waals surface area contributed by atoms with Gasteiger partial charge in [-0.05, 0) is 30.5 Å². The highest BCUT2D eigenvalue weighted by Crippen LogP contribution is 2.20. The van der Waals surface area contributed by atoms with Crippen molar-refractivity contribution in [3.05, 3.63) is 64.7 Å². The van der Waals surface area contributed by atoms with Crippen molar-refractivity contribution in [1.29, 1.82) is 0 Å². The Morgan fingerprint density at radius 2 is 1.80 bits per heavy atom. The molecule has 0 bridgehead atoms. The van der Waals surface area contributed by atoms with E-state index in [9.17, 15) is 9.18 Å². The second-order valence-corrected chi connectivity index (χ2v) is 4.98. The second-order valence-electron chi connectivity index (χ2n) is 4.21. The maximum atomic E-state index is 14.0. The lowest BCUT2D eigenvalue weighted by Crippen LogP contribution is -2.22. The molecule has 0 aliphatic rings. The summed E-state index contributed by atoms with van der Waals surface area (Å²) in [6, 6.07) is 13.3. The van der Waals surface area contributed by atoms with Crippen LogP contribution >= 0.6 is 11.8 Å². The van der Waals surface area contributed by atoms with E-state index in [2.05, 4.69) is 4.98 Å². The molecule has 0 aliphatic carbocycles. The summed E-state index contributed by atoms with van der Waals surface area (Å²) in [4.78, 5) is 17.0. The average molecular weight is 286 g/mol. The molecule has 1 heterocycles. The van der Waals surface area contributed by atoms with Gasteiger partial charge in [-0.25, -0.2) is 9.37 Å². The molecule has 100 valence electrons. The standard InChI is InChI=1S/C15H11FN2OS/c1-20-15-17-12-8-4-2-6-10(12)14(19)18(15)13-9-5-3-7-11(13)16/h2-9H,1H3. The molecule has 0 unspecified atom stereocenters. The highest BCUT2D eigenvalue weighted by molar-refractivity contribution is 7.98. The number of fused-ring (bicyclic) bond motifs is 1. The first-order valence-corrected chi connectivity index (χ1v) is 7.25. The van der Waals surface area contributed by atoms with Gasteiger partial charge in [-0.2, -0.15) is 0 Å². The first-order chi connectivity index (χ1) is 9.72. The molecule has 5 heteroatoms. The van der Waals surface area contributed by atoms with Crippen molar-refractivity contribution < 1.29 is 4.39 Å². The number of hydrogen-bond acceptors (Lipinski definition) is 3. The Balaban J connectivity index is 2.43. The fourth-order valence-electron chi connectivity index (χ4n) is 2.09. The minimum absolute atomic E-state index is 0.222. The van der Waals surface area contributed by atoms with Crippen LogP contribution in [-0.4, -0.2) is 15.8 Å². The molecule has 0 amide bonds. The number of nitrogens with zero attached hydrogens (tertiary/aromatic N) is 2. The average Bonchev–Trinajstić information content (AvgIpc) is 2.48. The predicted molar refractivity (Wildman–Crippen MR) is 79.1 cm³/mol. The third kappa shape index (κ3) is 2.00. The van der Waals surface area contributed by atoms with Gasteiger partial charge >= 0.3 is 0 Å². The predicted octanol–water partition coefficient (Wildman–Crippen LogP) is 3.25. The molecule has 0 saturated carbocycles. The van der Waals surface area contributed by atoms with Gasteiger partial charge in [0.1, 0.15) is 5.82 Å². The Hall–Kier alpha value is -2.14. The fourth-order valence-corrected chi connectivity index (χ4v) is 2.65. The van der Waals surface area contributed by atoms with Crippen LogP contribution in [0.1, 0.15) is 0 Å². The zero-order valence-electron chi connectivity index (χ0n) is 10.7. The number of para-hydroxylation sites is 2. The Morgan fingerprint density at radius 3 is 2.55 bits per heavy atom. The number of rotatable bonds is 2. The molecular formula is C15H11FN2OS. The lowest BCUT2D eigenvalue weighted by atomic mass is 10.2. The molecule has 20 heavy (non-hydrogen) atoms. The molecule has 0 fully saturated rings. The van der Waals surface area contributed by atoms with Crippen molar-refractivity contribution in [1.82, 2.24) is 9.55 Å². The lowest BCUT2D eigenvalue weighted by Gasteiger charge is -2.12. The van der Waals surface area contributed by atoms with Crippen molar-refractivity contribution in [2.45, 2.75) is 5.16 Å². The van der Waals surface area contributed by atoms with Gasteiger partial charge in [0.2, 0.25) is 0 Å². The minimum Gasteiger partial charge on any atom is -0.268 e. The van der Waals surface area contributed by atoms with Crippen molar-refractivity contribution in [3.63, 3.8) is 0 Å². The van der Waals surface area contributed by atoms with Crippen molar-refractivity contribution in [2.24, 2.45) is 0 Å². The third-order valence-corrected chi connectivity index (χ3v) is 3.66. The fraction of sp³-hybridized carbons (Fsp3) is 0.0667. The van der Waals surface area contributed by atoms with Crippen LogP contribution in [0, 0.1) is 5.82 Å². The van der Waals surface area contributed by atoms with Gasteiger partial charge in [-0.3, -0.25) is 9.36 Å². The summed E-state index contributed by atoms with van der Waals surface area (Å²) in [7, 11) is 0. The molecule has 3 aromatic rings. The topological polar surface area (TPSA) is 34.9 Å². The van der Waals surface area contributed by atoms with E-state index in [-0.39, 0.29) is 11.2 Å². The number of aromatic nitrogens is 2. The molecule has 3 nitrogen and oxygen atoms in total. The highest BCUT2D eigenvalue weighted by atomic mass is 32.2. The summed E-state index contributed by atoms with van der Waals surface area (Å²) < 4.78 is 15.3. The summed E-state index contributed by atoms with van der Waals surface area (Å²) in [5, 5.41) is 0.951. The van der Waals surface area contributed by atoms with Gasteiger partial charge in [-0.15, -0.1) is 0 Å². The van der Waals surface area contributed by atoms with E-state index in [1.54, 1.807) is 36.4 Å². The Labute approximate surface area is 119 Å². The second kappa shape index (κ2) is 5.09. The molecule has 0 saturated heterocycles. The SMILES string of the molecule is CSc1nc2ccccc2c(=O)n1-c1ccccc1F. The van der Waals surface area contributed by atoms with E-state index in [0.29, 0.717) is 16.1 Å². The van der Waals surface area contributed by atoms with Crippen LogP contribution in [0.4, 0.5) is 4.39 Å². The first kappa shape index (κ1) is 12.9. The minimum atomic E-state index is -0.443. The van der Waals surface area contributed by atoms with Crippen LogP contribution in [0.25, 0.3) is 16.6 Å². The Bertz CT molecular complexity index is 845. The Kier molecular flexibility index (Phi) is 3.28. The molecule has 1 aromatic heterocycles. The monoisotopic (exact) mass is 286 g/mol. The number of thioether (sulfide) groups is 1. The normalized spacial score (nSPS) is 10.9. The van der Waals surface area contributed by atoms with Gasteiger partial charge in [0.05, 0.1) is 16.6 Å². The molecule has 0 atom stereocenters. The Morgan fingerprint density at radius 1 is 1.10 bits per heavy atom. The van der Waals surface area contributed by atoms with Crippen LogP contribution in [0.2, 0.25) is 0 Å². The van der Waals surface area contributed by atoms with E-state index in [4.69, 9.17) is 0 Å². The largest absolute Gasteiger partial charge is 0.268 e. The van der Waals surface area contributed by atoms with E-state index >= 15 is 0 Å². The van der Waals surface area contributed by atoms with E-state index in [1.807, 2.05) is 12.3 Å². The molecule has 3 rings (SSSR count). The van der Waals surface area contributed by atoms with E-state index in [0.717, 1.165) is 0 Å². The van der Waals surface area contributed by atoms with Gasteiger partial charge in [0.15, 0.2) is 5.16 Å². The summed E-state index contributed by atoms with van der Waals surface area (Å²) in [5.41, 5.74) is 0.583. The summed E-state index contributed by atoms with van der Waals surface area (Å²) in [6.45, 7) is 0. The summed E-state index contributed by atoms with van der Waals surface area (Å²) >= 11 is 1.31. The number of hydrogen-bond donors (Lipinski definition) is 0. The number of benzene rings is 2. The van der Waals surface area contributed by atoms with Crippen molar-refractivity contribution in [3.8, 4) is 5.69 Å². The molecular weight excluding hydrogens is 275 g/mol. The molecule has 0 radical (unpaired) electrons. The zero-order valence-corrected chi connectivity index (χ0v) is 11.5. The quantitative estimate of drug-likeness (QED) is 0.536. The molecule has 0 aliphatic heterocycles. The van der Waals surface area contributed by atoms with Crippen molar-refractivity contribution in [2.75, 3.05) is 6.26 Å². The highest BCUT2D eigenvalue weighted by Gasteiger charge is 2.14. The molecule has 2 aromatic carbocycles. The number of halogens is 1. The van der Waals surface area contributed by atoms with Crippen LogP contribution in [0.15, 0.2) is 58.5 Å². The smallest absolute Gasteiger partial charge is 0.266 e. The third-order valence-electron chi connectivity index (χ3n) is 3.02. The van der Waals surface area contributed by atoms with Gasteiger partial charge < -0.3 is 0 Å². The van der Waals surface area contributed by atoms with Gasteiger partial charge in [0, 0.05) is 0 Å². The molecule has 0 spiro atoms. The summed E-state index contributed by atoms with van der Waals surface area (Å²) in [5.74, 6) is -0.443. The van der Waals surface area contributed by atoms with Crippen LogP contribution < -0.4 is 5.56 Å². The van der Waals surface area contributed by atoms with Gasteiger partial charge in [-0.1, -0.05) is 36.0 Å². The van der Waals surface area contributed by atoms with Crippen molar-refractivity contribution >= 4 is 22.7 Å². The van der Waals surface area contributed by atoms with Crippen LogP contribution in [0.5, 0.6) is 0 Å². The van der Waals surface area contributed by atoms with E-state index < -0.39 is 5.82 Å². The first-order valence-electron chi connectivity index (χ1n) is 6.03. The molecule has 0 N–H and O–H groups in total. The maximum Gasteiger partial charge on any atom is 0.266 e. The van der Waals surface area contributed by atoms with Crippen LogP contribution in [-0.2, 0) is 0 Å². The maximum absolute atomic E-state index is 14.0. The van der Waals surface area contributed by atoms with E-state index in [1.165, 1.54) is 22.4 Å². The lowest BCUT2D eigenvalue weighted by molar-refractivity contribution is 0.608. The summed E-state index contributed by atoms with van der Waals surface area (Å²) in [6.07, 6.45) is 1.81. The zero-order chi connectivity index (χ0) is 14.1. The van der Waals surface area contributed by atoms with Crippen LogP contribution in [0.3, 0.4) is 0 Å². The van der Waals surface area contributed by atoms with Gasteiger partial charge in [0.25, 0.3) is 5.56 Å².